The van der Waals surface area contributed by atoms with Gasteiger partial charge in [0.2, 0.25) is 0 Å². The van der Waals surface area contributed by atoms with E-state index in [0.29, 0.717) is 11.8 Å². The third kappa shape index (κ3) is 3.76. The second-order valence-corrected chi connectivity index (χ2v) is 3.76. The van der Waals surface area contributed by atoms with Crippen LogP contribution >= 0.6 is 0 Å². The first-order valence-corrected chi connectivity index (χ1v) is 4.55. The van der Waals surface area contributed by atoms with E-state index in [1.807, 2.05) is 19.9 Å². The Hall–Kier alpha value is -1.28. The zero-order chi connectivity index (χ0) is 10.4. The predicted molar refractivity (Wildman–Crippen MR) is 58.2 cm³/mol. The van der Waals surface area contributed by atoms with Gasteiger partial charge in [-0.25, -0.2) is 0 Å². The van der Waals surface area contributed by atoms with Gasteiger partial charge in [0.05, 0.1) is 12.0 Å². The number of hydrogen-bond acceptors (Lipinski definition) is 0. The van der Waals surface area contributed by atoms with Gasteiger partial charge < -0.3 is 0 Å². The van der Waals surface area contributed by atoms with Gasteiger partial charge in [-0.2, -0.15) is 0 Å². The van der Waals surface area contributed by atoms with Crippen molar-refractivity contribution in [1.82, 2.24) is 0 Å². The van der Waals surface area contributed by atoms with E-state index < -0.39 is 0 Å². The first-order chi connectivity index (χ1) is 6.02. The summed E-state index contributed by atoms with van der Waals surface area (Å²) in [5.41, 5.74) is 0.855. The van der Waals surface area contributed by atoms with E-state index >= 15 is 0 Å². The molecule has 70 valence electrons. The second-order valence-electron chi connectivity index (χ2n) is 3.76. The summed E-state index contributed by atoms with van der Waals surface area (Å²) in [6, 6.07) is 0.00435. The number of hydrogen-bond donors (Lipinski definition) is 0. The summed E-state index contributed by atoms with van der Waals surface area (Å²) in [5, 5.41) is 0. The van der Waals surface area contributed by atoms with Crippen LogP contribution in [0.4, 0.5) is 0 Å². The molecule has 1 unspecified atom stereocenters. The highest BCUT2D eigenvalue weighted by Crippen LogP contribution is 2.16. The van der Waals surface area contributed by atoms with E-state index in [4.69, 9.17) is 13.1 Å². The van der Waals surface area contributed by atoms with E-state index in [1.54, 1.807) is 0 Å². The summed E-state index contributed by atoms with van der Waals surface area (Å²) in [6.07, 6.45) is 1.93. The van der Waals surface area contributed by atoms with Crippen LogP contribution in [0.1, 0.15) is 27.7 Å². The van der Waals surface area contributed by atoms with Gasteiger partial charge in [-0.1, -0.05) is 32.5 Å². The standard InChI is InChI=1S/C11H18N2/c1-8(2)10(12-5)7-11(13-6)9(3)4/h5-10H,1-4H3/q+2. The number of rotatable bonds is 3. The Balaban J connectivity index is 4.70. The summed E-state index contributed by atoms with van der Waals surface area (Å²) < 4.78 is 0. The molecule has 0 radical (unpaired) electrons. The molecule has 0 aromatic rings. The highest BCUT2D eigenvalue weighted by Gasteiger charge is 2.24. The number of allylic oxidation sites excluding steroid dienone is 1. The summed E-state index contributed by atoms with van der Waals surface area (Å²) in [7, 11) is 0. The lowest BCUT2D eigenvalue weighted by molar-refractivity contribution is 0.620. The Kier molecular flexibility index (Phi) is 4.85. The molecule has 0 bridgehead atoms. The maximum atomic E-state index is 5.27. The molecule has 0 spiro atoms. The van der Waals surface area contributed by atoms with E-state index in [2.05, 4.69) is 23.5 Å². The molecule has 0 N–H and O–H groups in total. The lowest BCUT2D eigenvalue weighted by Crippen LogP contribution is -2.08. The van der Waals surface area contributed by atoms with Gasteiger partial charge in [-0.15, -0.1) is 0 Å². The summed E-state index contributed by atoms with van der Waals surface area (Å²) in [6.45, 7) is 18.7. The zero-order valence-corrected chi connectivity index (χ0v) is 8.86. The van der Waals surface area contributed by atoms with Crippen molar-refractivity contribution in [2.75, 3.05) is 0 Å². The fourth-order valence-electron chi connectivity index (χ4n) is 0.967. The Morgan fingerprint density at radius 3 is 1.92 bits per heavy atom. The van der Waals surface area contributed by atoms with Crippen LogP contribution in [0.15, 0.2) is 11.8 Å². The van der Waals surface area contributed by atoms with E-state index in [-0.39, 0.29) is 6.04 Å². The van der Waals surface area contributed by atoms with Crippen molar-refractivity contribution in [3.63, 3.8) is 0 Å². The van der Waals surface area contributed by atoms with Crippen molar-refractivity contribution >= 4 is 0 Å². The fourth-order valence-corrected chi connectivity index (χ4v) is 0.967. The molecule has 2 heteroatoms. The third-order valence-electron chi connectivity index (χ3n) is 1.94. The Labute approximate surface area is 80.9 Å². The zero-order valence-electron chi connectivity index (χ0n) is 8.86. The SMILES string of the molecule is C#[N+]C(=CC([N+]#C)C(C)C)C(C)C. The Morgan fingerprint density at radius 2 is 1.69 bits per heavy atom. The van der Waals surface area contributed by atoms with Crippen molar-refractivity contribution in [2.45, 2.75) is 33.7 Å². The van der Waals surface area contributed by atoms with Gasteiger partial charge in [-0.3, -0.25) is 0 Å². The van der Waals surface area contributed by atoms with Gasteiger partial charge in [0, 0.05) is 5.92 Å². The van der Waals surface area contributed by atoms with E-state index in [0.717, 1.165) is 5.70 Å². The van der Waals surface area contributed by atoms with Gasteiger partial charge in [0.25, 0.3) is 19.2 Å². The molecule has 0 aromatic heterocycles. The van der Waals surface area contributed by atoms with Crippen LogP contribution in [0.2, 0.25) is 0 Å². The van der Waals surface area contributed by atoms with Crippen molar-refractivity contribution < 1.29 is 0 Å². The minimum Gasteiger partial charge on any atom is -0.0785 e. The van der Waals surface area contributed by atoms with Crippen molar-refractivity contribution in [3.05, 3.63) is 21.5 Å². The average Bonchev–Trinajstić information content (AvgIpc) is 2.05. The summed E-state index contributed by atoms with van der Waals surface area (Å²) >= 11 is 0. The van der Waals surface area contributed by atoms with Crippen LogP contribution in [-0.4, -0.2) is 6.04 Å². The molecule has 0 aliphatic heterocycles. The molecule has 0 saturated carbocycles. The molecular weight excluding hydrogens is 160 g/mol. The molecule has 0 aliphatic carbocycles. The van der Waals surface area contributed by atoms with Crippen molar-refractivity contribution in [1.29, 1.82) is 0 Å². The first-order valence-electron chi connectivity index (χ1n) is 4.55. The van der Waals surface area contributed by atoms with Crippen LogP contribution in [0.25, 0.3) is 9.69 Å². The van der Waals surface area contributed by atoms with Gasteiger partial charge in [-0.05, 0) is 4.85 Å². The smallest absolute Gasteiger partial charge is 0.0785 e. The molecule has 13 heavy (non-hydrogen) atoms. The van der Waals surface area contributed by atoms with E-state index in [9.17, 15) is 0 Å². The van der Waals surface area contributed by atoms with Gasteiger partial charge >= 0.3 is 5.70 Å². The Morgan fingerprint density at radius 1 is 1.15 bits per heavy atom. The molecule has 0 aliphatic rings. The maximum absolute atomic E-state index is 5.27. The molecule has 0 rings (SSSR count). The van der Waals surface area contributed by atoms with Crippen molar-refractivity contribution in [2.24, 2.45) is 11.8 Å². The topological polar surface area (TPSA) is 8.72 Å². The molecule has 0 heterocycles. The minimum absolute atomic E-state index is 0.00435. The molecule has 0 saturated heterocycles. The molecule has 0 aromatic carbocycles. The van der Waals surface area contributed by atoms with Gasteiger partial charge in [0.15, 0.2) is 0 Å². The predicted octanol–water partition coefficient (Wildman–Crippen LogP) is 3.48. The van der Waals surface area contributed by atoms with Crippen LogP contribution < -0.4 is 0 Å². The highest BCUT2D eigenvalue weighted by atomic mass is 14.7. The fraction of sp³-hybridized carbons (Fsp3) is 0.636. The average molecular weight is 178 g/mol. The van der Waals surface area contributed by atoms with Crippen molar-refractivity contribution in [3.8, 4) is 13.1 Å². The monoisotopic (exact) mass is 178 g/mol. The normalized spacial score (nSPS) is 14.0. The highest BCUT2D eigenvalue weighted by molar-refractivity contribution is 5.19. The number of nitrogens with zero attached hydrogens (tertiary/aromatic N) is 2. The van der Waals surface area contributed by atoms with Crippen LogP contribution in [0, 0.1) is 25.0 Å². The lowest BCUT2D eigenvalue weighted by Gasteiger charge is -1.99. The lowest BCUT2D eigenvalue weighted by atomic mass is 10.0. The molecule has 0 fully saturated rings. The second kappa shape index (κ2) is 5.38. The largest absolute Gasteiger partial charge is 0.322 e. The molecule has 0 amide bonds. The van der Waals surface area contributed by atoms with E-state index in [1.165, 1.54) is 0 Å². The van der Waals surface area contributed by atoms with Crippen LogP contribution in [-0.2, 0) is 0 Å². The third-order valence-corrected chi connectivity index (χ3v) is 1.94. The van der Waals surface area contributed by atoms with Crippen LogP contribution in [0.5, 0.6) is 0 Å². The first kappa shape index (κ1) is 11.7. The minimum atomic E-state index is 0.00435. The molecular formula is C11H18N2+2. The van der Waals surface area contributed by atoms with Crippen LogP contribution in [0.3, 0.4) is 0 Å². The molecule has 2 nitrogen and oxygen atoms in total. The quantitative estimate of drug-likeness (QED) is 0.625. The summed E-state index contributed by atoms with van der Waals surface area (Å²) in [4.78, 5) is 7.47. The van der Waals surface area contributed by atoms with Gasteiger partial charge in [0.1, 0.15) is 0 Å². The Bertz CT molecular complexity index is 261. The summed E-state index contributed by atoms with van der Waals surface area (Å²) in [5.74, 6) is 0.688. The maximum Gasteiger partial charge on any atom is 0.322 e. The molecule has 1 atom stereocenters.